The third-order valence-electron chi connectivity index (χ3n) is 3.84. The Hall–Kier alpha value is -2.89. The van der Waals surface area contributed by atoms with Gasteiger partial charge in [-0.15, -0.1) is 0 Å². The fourth-order valence-electron chi connectivity index (χ4n) is 2.60. The molecule has 0 radical (unpaired) electrons. The molecule has 2 aromatic carbocycles. The number of methoxy groups -OCH3 is 2. The van der Waals surface area contributed by atoms with Gasteiger partial charge in [0.1, 0.15) is 29.0 Å². The Morgan fingerprint density at radius 1 is 1.00 bits per heavy atom. The highest BCUT2D eigenvalue weighted by Crippen LogP contribution is 2.29. The summed E-state index contributed by atoms with van der Waals surface area (Å²) in [6.45, 7) is 0. The first-order valence-electron chi connectivity index (χ1n) is 7.27. The molecular formula is C18H16F2N2O2. The van der Waals surface area contributed by atoms with Crippen molar-refractivity contribution in [3.8, 4) is 11.5 Å². The zero-order chi connectivity index (χ0) is 17.3. The summed E-state index contributed by atoms with van der Waals surface area (Å²) in [6, 6.07) is 9.00. The number of nitrogens with zero attached hydrogens (tertiary/aromatic N) is 1. The van der Waals surface area contributed by atoms with Gasteiger partial charge in [-0.3, -0.25) is 0 Å². The highest BCUT2D eigenvalue weighted by atomic mass is 19.1. The predicted octanol–water partition coefficient (Wildman–Crippen LogP) is 3.70. The van der Waals surface area contributed by atoms with E-state index >= 15 is 0 Å². The number of halogens is 2. The maximum atomic E-state index is 14.0. The molecular weight excluding hydrogens is 314 g/mol. The molecule has 0 atom stereocenters. The number of anilines is 1. The van der Waals surface area contributed by atoms with Crippen LogP contribution in [0, 0.1) is 11.6 Å². The van der Waals surface area contributed by atoms with Crippen molar-refractivity contribution in [1.29, 1.82) is 0 Å². The lowest BCUT2D eigenvalue weighted by Crippen LogP contribution is -2.02. The molecule has 0 amide bonds. The molecule has 0 saturated heterocycles. The van der Waals surface area contributed by atoms with Gasteiger partial charge in [-0.1, -0.05) is 6.07 Å². The van der Waals surface area contributed by atoms with Crippen molar-refractivity contribution in [3.63, 3.8) is 0 Å². The predicted molar refractivity (Wildman–Crippen MR) is 88.4 cm³/mol. The van der Waals surface area contributed by atoms with Gasteiger partial charge in [0.25, 0.3) is 0 Å². The maximum Gasteiger partial charge on any atom is 0.135 e. The molecule has 1 heterocycles. The van der Waals surface area contributed by atoms with Crippen LogP contribution in [0.25, 0.3) is 10.9 Å². The van der Waals surface area contributed by atoms with Crippen LogP contribution in [0.3, 0.4) is 0 Å². The number of rotatable bonds is 4. The lowest BCUT2D eigenvalue weighted by atomic mass is 10.0. The first-order valence-corrected chi connectivity index (χ1v) is 7.27. The molecule has 24 heavy (non-hydrogen) atoms. The van der Waals surface area contributed by atoms with Gasteiger partial charge in [0.15, 0.2) is 0 Å². The molecule has 4 nitrogen and oxygen atoms in total. The number of hydrogen-bond acceptors (Lipinski definition) is 4. The number of fused-ring (bicyclic) bond motifs is 1. The highest BCUT2D eigenvalue weighted by Gasteiger charge is 2.13. The Bertz CT molecular complexity index is 913. The van der Waals surface area contributed by atoms with Gasteiger partial charge in [-0.2, -0.15) is 0 Å². The summed E-state index contributed by atoms with van der Waals surface area (Å²) < 4.78 is 37.8. The van der Waals surface area contributed by atoms with Crippen molar-refractivity contribution in [2.45, 2.75) is 6.42 Å². The Morgan fingerprint density at radius 2 is 1.79 bits per heavy atom. The summed E-state index contributed by atoms with van der Waals surface area (Å²) in [5.41, 5.74) is 7.64. The molecule has 3 rings (SSSR count). The molecule has 0 bridgehead atoms. The van der Waals surface area contributed by atoms with Crippen LogP contribution in [-0.4, -0.2) is 19.2 Å². The molecule has 0 aliphatic rings. The third kappa shape index (κ3) is 2.95. The number of pyridine rings is 1. The van der Waals surface area contributed by atoms with Crippen molar-refractivity contribution < 1.29 is 18.3 Å². The van der Waals surface area contributed by atoms with Crippen LogP contribution >= 0.6 is 0 Å². The Morgan fingerprint density at radius 3 is 2.50 bits per heavy atom. The minimum atomic E-state index is -0.684. The minimum Gasteiger partial charge on any atom is -0.497 e. The van der Waals surface area contributed by atoms with E-state index < -0.39 is 11.6 Å². The van der Waals surface area contributed by atoms with Crippen LogP contribution in [-0.2, 0) is 6.42 Å². The summed E-state index contributed by atoms with van der Waals surface area (Å²) in [7, 11) is 3.13. The van der Waals surface area contributed by atoms with Crippen molar-refractivity contribution >= 4 is 16.7 Å². The van der Waals surface area contributed by atoms with Crippen LogP contribution in [0.1, 0.15) is 11.1 Å². The average Bonchev–Trinajstić information content (AvgIpc) is 2.56. The summed E-state index contributed by atoms with van der Waals surface area (Å²) in [6.07, 6.45) is 0.402. The molecule has 2 N–H and O–H groups in total. The summed E-state index contributed by atoms with van der Waals surface area (Å²) in [4.78, 5) is 4.11. The van der Waals surface area contributed by atoms with E-state index in [0.29, 0.717) is 23.5 Å². The van der Waals surface area contributed by atoms with E-state index in [1.54, 1.807) is 32.4 Å². The molecule has 0 fully saturated rings. The normalized spacial score (nSPS) is 10.8. The van der Waals surface area contributed by atoms with Gasteiger partial charge in [0.2, 0.25) is 0 Å². The summed E-state index contributed by atoms with van der Waals surface area (Å²) >= 11 is 0. The minimum absolute atomic E-state index is 0.190. The van der Waals surface area contributed by atoms with Crippen LogP contribution in [0.15, 0.2) is 36.4 Å². The largest absolute Gasteiger partial charge is 0.497 e. The molecule has 0 aliphatic heterocycles. The number of nitrogens with two attached hydrogens (primary N) is 1. The first-order chi connectivity index (χ1) is 11.5. The second kappa shape index (κ2) is 6.31. The second-order valence-corrected chi connectivity index (χ2v) is 5.34. The average molecular weight is 330 g/mol. The lowest BCUT2D eigenvalue weighted by molar-refractivity contribution is 0.391. The number of aromatic nitrogens is 1. The second-order valence-electron chi connectivity index (χ2n) is 5.34. The molecule has 0 aliphatic carbocycles. The smallest absolute Gasteiger partial charge is 0.135 e. The van der Waals surface area contributed by atoms with E-state index in [9.17, 15) is 8.78 Å². The maximum absolute atomic E-state index is 14.0. The first kappa shape index (κ1) is 16.0. The highest BCUT2D eigenvalue weighted by molar-refractivity contribution is 5.82. The van der Waals surface area contributed by atoms with E-state index in [1.807, 2.05) is 6.07 Å². The van der Waals surface area contributed by atoms with Gasteiger partial charge in [-0.25, -0.2) is 13.8 Å². The van der Waals surface area contributed by atoms with Crippen LogP contribution < -0.4 is 15.2 Å². The monoisotopic (exact) mass is 330 g/mol. The standard InChI is InChI=1S/C18H16F2N2O2/c1-23-13-4-3-10(17(9-13)24-2)5-11-6-14-15(20)7-12(19)8-16(14)22-18(11)21/h3-4,6-9H,5H2,1-2H3,(H2,21,22). The fraction of sp³-hybridized carbons (Fsp3) is 0.167. The molecule has 124 valence electrons. The molecule has 0 unspecified atom stereocenters. The van der Waals surface area contributed by atoms with Crippen LogP contribution in [0.2, 0.25) is 0 Å². The van der Waals surface area contributed by atoms with Gasteiger partial charge >= 0.3 is 0 Å². The van der Waals surface area contributed by atoms with Crippen molar-refractivity contribution in [2.75, 3.05) is 20.0 Å². The van der Waals surface area contributed by atoms with E-state index in [0.717, 1.165) is 17.7 Å². The van der Waals surface area contributed by atoms with Crippen molar-refractivity contribution in [3.05, 3.63) is 59.2 Å². The molecule has 0 saturated carbocycles. The van der Waals surface area contributed by atoms with Crippen LogP contribution in [0.5, 0.6) is 11.5 Å². The topological polar surface area (TPSA) is 57.4 Å². The SMILES string of the molecule is COc1ccc(Cc2cc3c(F)cc(F)cc3nc2N)c(OC)c1. The van der Waals surface area contributed by atoms with Crippen molar-refractivity contribution in [1.82, 2.24) is 4.98 Å². The van der Waals surface area contributed by atoms with Gasteiger partial charge in [0, 0.05) is 30.0 Å². The summed E-state index contributed by atoms with van der Waals surface area (Å²) in [5, 5.41) is 0.230. The Kier molecular flexibility index (Phi) is 4.20. The number of hydrogen-bond donors (Lipinski definition) is 1. The van der Waals surface area contributed by atoms with E-state index in [-0.39, 0.29) is 16.7 Å². The quantitative estimate of drug-likeness (QED) is 0.792. The number of benzene rings is 2. The zero-order valence-electron chi connectivity index (χ0n) is 13.3. The van der Waals surface area contributed by atoms with Crippen molar-refractivity contribution in [2.24, 2.45) is 0 Å². The summed E-state index contributed by atoms with van der Waals surface area (Å²) in [5.74, 6) is 0.178. The number of ether oxygens (including phenoxy) is 2. The molecule has 3 aromatic rings. The Balaban J connectivity index is 2.06. The van der Waals surface area contributed by atoms with E-state index in [1.165, 1.54) is 0 Å². The molecule has 1 aromatic heterocycles. The van der Waals surface area contributed by atoms with Gasteiger partial charge < -0.3 is 15.2 Å². The van der Waals surface area contributed by atoms with Gasteiger partial charge in [-0.05, 0) is 23.3 Å². The van der Waals surface area contributed by atoms with Crippen LogP contribution in [0.4, 0.5) is 14.6 Å². The molecule has 0 spiro atoms. The third-order valence-corrected chi connectivity index (χ3v) is 3.84. The van der Waals surface area contributed by atoms with Gasteiger partial charge in [0.05, 0.1) is 19.7 Å². The fourth-order valence-corrected chi connectivity index (χ4v) is 2.60. The van der Waals surface area contributed by atoms with E-state index in [4.69, 9.17) is 15.2 Å². The molecule has 6 heteroatoms. The number of nitrogen functional groups attached to an aromatic ring is 1. The van der Waals surface area contributed by atoms with E-state index in [2.05, 4.69) is 4.98 Å². The zero-order valence-corrected chi connectivity index (χ0v) is 13.3. The lowest BCUT2D eigenvalue weighted by Gasteiger charge is -2.12. The Labute approximate surface area is 137 Å².